The quantitative estimate of drug-likeness (QED) is 0.681. The highest BCUT2D eigenvalue weighted by molar-refractivity contribution is 6.06. The van der Waals surface area contributed by atoms with Gasteiger partial charge in [-0.05, 0) is 18.1 Å². The van der Waals surface area contributed by atoms with Crippen LogP contribution in [-0.2, 0) is 20.5 Å². The molecule has 0 aliphatic heterocycles. The lowest BCUT2D eigenvalue weighted by molar-refractivity contribution is 0.0979. The SMILES string of the molecule is Cn1cc(CCC(=O)c2nn(C)c3ccccc23)cn1. The van der Waals surface area contributed by atoms with Crippen LogP contribution in [0.5, 0.6) is 0 Å². The van der Waals surface area contributed by atoms with Crippen molar-refractivity contribution in [3.05, 3.63) is 47.9 Å². The van der Waals surface area contributed by atoms with E-state index in [2.05, 4.69) is 10.2 Å². The molecule has 0 aliphatic rings. The number of aryl methyl sites for hydroxylation is 3. The molecular weight excluding hydrogens is 252 g/mol. The van der Waals surface area contributed by atoms with E-state index in [1.165, 1.54) is 0 Å². The highest BCUT2D eigenvalue weighted by Crippen LogP contribution is 2.19. The average molecular weight is 268 g/mol. The van der Waals surface area contributed by atoms with Gasteiger partial charge in [-0.1, -0.05) is 18.2 Å². The van der Waals surface area contributed by atoms with Crippen molar-refractivity contribution in [2.75, 3.05) is 0 Å². The van der Waals surface area contributed by atoms with E-state index in [0.717, 1.165) is 16.5 Å². The fourth-order valence-corrected chi connectivity index (χ4v) is 2.40. The van der Waals surface area contributed by atoms with Crippen molar-refractivity contribution in [3.63, 3.8) is 0 Å². The van der Waals surface area contributed by atoms with Crippen molar-refractivity contribution in [1.29, 1.82) is 0 Å². The van der Waals surface area contributed by atoms with Gasteiger partial charge in [-0.25, -0.2) is 0 Å². The lowest BCUT2D eigenvalue weighted by Gasteiger charge is -1.96. The second kappa shape index (κ2) is 4.92. The van der Waals surface area contributed by atoms with Gasteiger partial charge < -0.3 is 0 Å². The van der Waals surface area contributed by atoms with Crippen molar-refractivity contribution in [2.24, 2.45) is 14.1 Å². The molecular formula is C15H16N4O. The van der Waals surface area contributed by atoms with Gasteiger partial charge in [0.05, 0.1) is 11.7 Å². The Morgan fingerprint density at radius 1 is 1.25 bits per heavy atom. The predicted molar refractivity (Wildman–Crippen MR) is 76.6 cm³/mol. The van der Waals surface area contributed by atoms with E-state index >= 15 is 0 Å². The van der Waals surface area contributed by atoms with Gasteiger partial charge in [0.25, 0.3) is 0 Å². The van der Waals surface area contributed by atoms with Gasteiger partial charge in [0.1, 0.15) is 5.69 Å². The maximum Gasteiger partial charge on any atom is 0.184 e. The molecule has 1 aromatic carbocycles. The first-order chi connectivity index (χ1) is 9.65. The summed E-state index contributed by atoms with van der Waals surface area (Å²) in [7, 11) is 3.73. The monoisotopic (exact) mass is 268 g/mol. The maximum absolute atomic E-state index is 12.3. The molecule has 0 saturated carbocycles. The molecule has 20 heavy (non-hydrogen) atoms. The topological polar surface area (TPSA) is 52.7 Å². The Kier molecular flexibility index (Phi) is 3.10. The molecule has 5 heteroatoms. The van der Waals surface area contributed by atoms with E-state index in [0.29, 0.717) is 18.5 Å². The van der Waals surface area contributed by atoms with Crippen LogP contribution in [0, 0.1) is 0 Å². The van der Waals surface area contributed by atoms with E-state index in [-0.39, 0.29) is 5.78 Å². The van der Waals surface area contributed by atoms with E-state index in [1.54, 1.807) is 15.6 Å². The number of carbonyl (C=O) groups is 1. The minimum atomic E-state index is 0.0747. The van der Waals surface area contributed by atoms with Crippen LogP contribution in [0.2, 0.25) is 0 Å². The first kappa shape index (κ1) is 12.6. The lowest BCUT2D eigenvalue weighted by Crippen LogP contribution is -2.03. The van der Waals surface area contributed by atoms with Gasteiger partial charge in [-0.2, -0.15) is 10.2 Å². The minimum absolute atomic E-state index is 0.0747. The summed E-state index contributed by atoms with van der Waals surface area (Å²) in [5, 5.41) is 9.38. The van der Waals surface area contributed by atoms with Gasteiger partial charge in [-0.3, -0.25) is 14.2 Å². The summed E-state index contributed by atoms with van der Waals surface area (Å²) in [6.45, 7) is 0. The number of Topliss-reactive ketones (excluding diaryl/α,β-unsaturated/α-hetero) is 1. The fraction of sp³-hybridized carbons (Fsp3) is 0.267. The molecule has 2 heterocycles. The molecule has 0 fully saturated rings. The number of fused-ring (bicyclic) bond motifs is 1. The molecule has 2 aromatic heterocycles. The summed E-state index contributed by atoms with van der Waals surface area (Å²) in [6, 6.07) is 7.80. The lowest BCUT2D eigenvalue weighted by atomic mass is 10.1. The number of para-hydroxylation sites is 1. The standard InChI is InChI=1S/C15H16N4O/c1-18-10-11(9-16-18)7-8-14(20)15-12-5-3-4-6-13(12)19(2)17-15/h3-6,9-10H,7-8H2,1-2H3. The van der Waals surface area contributed by atoms with Crippen molar-refractivity contribution in [1.82, 2.24) is 19.6 Å². The van der Waals surface area contributed by atoms with Crippen LogP contribution in [0.4, 0.5) is 0 Å². The second-order valence-electron chi connectivity index (χ2n) is 4.93. The minimum Gasteiger partial charge on any atom is -0.292 e. The number of ketones is 1. The van der Waals surface area contributed by atoms with Crippen molar-refractivity contribution in [2.45, 2.75) is 12.8 Å². The molecule has 0 unspecified atom stereocenters. The first-order valence-corrected chi connectivity index (χ1v) is 6.57. The number of benzene rings is 1. The predicted octanol–water partition coefficient (Wildman–Crippen LogP) is 2.12. The maximum atomic E-state index is 12.3. The highest BCUT2D eigenvalue weighted by Gasteiger charge is 2.15. The average Bonchev–Trinajstić information content (AvgIpc) is 3.01. The fourth-order valence-electron chi connectivity index (χ4n) is 2.40. The van der Waals surface area contributed by atoms with Crippen LogP contribution >= 0.6 is 0 Å². The Bertz CT molecular complexity index is 769. The second-order valence-corrected chi connectivity index (χ2v) is 4.93. The summed E-state index contributed by atoms with van der Waals surface area (Å²) >= 11 is 0. The molecule has 0 atom stereocenters. The summed E-state index contributed by atoms with van der Waals surface area (Å²) in [4.78, 5) is 12.3. The third-order valence-corrected chi connectivity index (χ3v) is 3.42. The molecule has 0 amide bonds. The Hall–Kier alpha value is -2.43. The van der Waals surface area contributed by atoms with Gasteiger partial charge in [0, 0.05) is 32.1 Å². The molecule has 3 rings (SSSR count). The van der Waals surface area contributed by atoms with E-state index < -0.39 is 0 Å². The van der Waals surface area contributed by atoms with Crippen LogP contribution in [0.1, 0.15) is 22.5 Å². The first-order valence-electron chi connectivity index (χ1n) is 6.57. The molecule has 0 spiro atoms. The van der Waals surface area contributed by atoms with Gasteiger partial charge in [0.2, 0.25) is 0 Å². The third kappa shape index (κ3) is 2.22. The third-order valence-electron chi connectivity index (χ3n) is 3.42. The summed E-state index contributed by atoms with van der Waals surface area (Å²) in [5.41, 5.74) is 2.62. The number of rotatable bonds is 4. The summed E-state index contributed by atoms with van der Waals surface area (Å²) < 4.78 is 3.50. The van der Waals surface area contributed by atoms with Crippen LogP contribution in [0.15, 0.2) is 36.7 Å². The zero-order chi connectivity index (χ0) is 14.1. The Balaban J connectivity index is 1.82. The number of hydrogen-bond donors (Lipinski definition) is 0. The van der Waals surface area contributed by atoms with Crippen LogP contribution in [-0.4, -0.2) is 25.3 Å². The van der Waals surface area contributed by atoms with E-state index in [9.17, 15) is 4.79 Å². The molecule has 5 nitrogen and oxygen atoms in total. The van der Waals surface area contributed by atoms with Gasteiger partial charge in [-0.15, -0.1) is 0 Å². The Morgan fingerprint density at radius 2 is 2.05 bits per heavy atom. The zero-order valence-electron chi connectivity index (χ0n) is 11.6. The Labute approximate surface area is 116 Å². The summed E-state index contributed by atoms with van der Waals surface area (Å²) in [6.07, 6.45) is 4.87. The van der Waals surface area contributed by atoms with Crippen molar-refractivity contribution in [3.8, 4) is 0 Å². The smallest absolute Gasteiger partial charge is 0.184 e. The van der Waals surface area contributed by atoms with Crippen molar-refractivity contribution < 1.29 is 4.79 Å². The molecule has 0 saturated heterocycles. The summed E-state index contributed by atoms with van der Waals surface area (Å²) in [5.74, 6) is 0.0747. The van der Waals surface area contributed by atoms with Crippen molar-refractivity contribution >= 4 is 16.7 Å². The van der Waals surface area contributed by atoms with Crippen LogP contribution < -0.4 is 0 Å². The molecule has 0 bridgehead atoms. The van der Waals surface area contributed by atoms with Crippen LogP contribution in [0.25, 0.3) is 10.9 Å². The van der Waals surface area contributed by atoms with Gasteiger partial charge >= 0.3 is 0 Å². The number of carbonyl (C=O) groups excluding carboxylic acids is 1. The number of aromatic nitrogens is 4. The number of hydrogen-bond acceptors (Lipinski definition) is 3. The normalized spacial score (nSPS) is 11.1. The molecule has 0 N–H and O–H groups in total. The molecule has 3 aromatic rings. The molecule has 102 valence electrons. The number of nitrogens with zero attached hydrogens (tertiary/aromatic N) is 4. The van der Waals surface area contributed by atoms with E-state index in [4.69, 9.17) is 0 Å². The molecule has 0 aliphatic carbocycles. The highest BCUT2D eigenvalue weighted by atomic mass is 16.1. The van der Waals surface area contributed by atoms with E-state index in [1.807, 2.05) is 44.6 Å². The Morgan fingerprint density at radius 3 is 2.80 bits per heavy atom. The zero-order valence-corrected chi connectivity index (χ0v) is 11.6. The largest absolute Gasteiger partial charge is 0.292 e. The molecule has 0 radical (unpaired) electrons. The van der Waals surface area contributed by atoms with Crippen LogP contribution in [0.3, 0.4) is 0 Å². The van der Waals surface area contributed by atoms with Gasteiger partial charge in [0.15, 0.2) is 5.78 Å².